The molecule has 1 aromatic rings. The summed E-state index contributed by atoms with van der Waals surface area (Å²) in [6.07, 6.45) is 2.49. The first-order valence-corrected chi connectivity index (χ1v) is 6.01. The summed E-state index contributed by atoms with van der Waals surface area (Å²) in [6, 6.07) is 5.50. The van der Waals surface area contributed by atoms with Crippen LogP contribution in [0.15, 0.2) is 18.2 Å². The van der Waals surface area contributed by atoms with Crippen LogP contribution in [-0.4, -0.2) is 24.8 Å². The largest absolute Gasteiger partial charge is 0.394 e. The van der Waals surface area contributed by atoms with Gasteiger partial charge in [0.05, 0.1) is 12.6 Å². The van der Waals surface area contributed by atoms with E-state index in [9.17, 15) is 0 Å². The van der Waals surface area contributed by atoms with Gasteiger partial charge in [-0.25, -0.2) is 0 Å². The van der Waals surface area contributed by atoms with Gasteiger partial charge in [-0.3, -0.25) is 0 Å². The topological polar surface area (TPSA) is 49.5 Å². The minimum absolute atomic E-state index is 0.0806. The SMILES string of the molecule is N[C@@H](CO)c1ccc(N2CCCC2)cc1Cl. The minimum Gasteiger partial charge on any atom is -0.394 e. The molecule has 0 unspecified atom stereocenters. The number of nitrogens with two attached hydrogens (primary N) is 1. The van der Waals surface area contributed by atoms with Crippen molar-refractivity contribution in [2.24, 2.45) is 5.73 Å². The van der Waals surface area contributed by atoms with E-state index < -0.39 is 0 Å². The maximum absolute atomic E-state index is 9.00. The van der Waals surface area contributed by atoms with E-state index in [1.165, 1.54) is 12.8 Å². The number of anilines is 1. The lowest BCUT2D eigenvalue weighted by molar-refractivity contribution is 0.268. The van der Waals surface area contributed by atoms with Gasteiger partial charge in [-0.05, 0) is 30.5 Å². The van der Waals surface area contributed by atoms with Crippen LogP contribution in [0.5, 0.6) is 0 Å². The fourth-order valence-electron chi connectivity index (χ4n) is 2.09. The van der Waals surface area contributed by atoms with Crippen molar-refractivity contribution >= 4 is 17.3 Å². The summed E-state index contributed by atoms with van der Waals surface area (Å²) in [5.74, 6) is 0. The average Bonchev–Trinajstić information content (AvgIpc) is 2.81. The highest BCUT2D eigenvalue weighted by Crippen LogP contribution is 2.28. The molecule has 3 N–H and O–H groups in total. The summed E-state index contributed by atoms with van der Waals surface area (Å²) in [5, 5.41) is 9.64. The minimum atomic E-state index is -0.389. The van der Waals surface area contributed by atoms with E-state index in [0.29, 0.717) is 5.02 Å². The molecule has 2 rings (SSSR count). The molecule has 1 atom stereocenters. The highest BCUT2D eigenvalue weighted by Gasteiger charge is 2.15. The van der Waals surface area contributed by atoms with E-state index >= 15 is 0 Å². The van der Waals surface area contributed by atoms with Crippen LogP contribution in [0.2, 0.25) is 5.02 Å². The summed E-state index contributed by atoms with van der Waals surface area (Å²) in [7, 11) is 0. The molecule has 0 aliphatic carbocycles. The number of aliphatic hydroxyl groups is 1. The van der Waals surface area contributed by atoms with Gasteiger partial charge in [-0.1, -0.05) is 17.7 Å². The van der Waals surface area contributed by atoms with Crippen molar-refractivity contribution in [3.05, 3.63) is 28.8 Å². The molecule has 0 spiro atoms. The molecule has 0 radical (unpaired) electrons. The maximum Gasteiger partial charge on any atom is 0.0624 e. The van der Waals surface area contributed by atoms with Crippen molar-refractivity contribution in [1.29, 1.82) is 0 Å². The number of aliphatic hydroxyl groups excluding tert-OH is 1. The summed E-state index contributed by atoms with van der Waals surface area (Å²) in [4.78, 5) is 2.32. The van der Waals surface area contributed by atoms with Crippen molar-refractivity contribution in [3.63, 3.8) is 0 Å². The Morgan fingerprint density at radius 2 is 2.06 bits per heavy atom. The Labute approximate surface area is 101 Å². The molecular weight excluding hydrogens is 224 g/mol. The third-order valence-corrected chi connectivity index (χ3v) is 3.38. The molecule has 1 heterocycles. The van der Waals surface area contributed by atoms with E-state index in [-0.39, 0.29) is 12.6 Å². The van der Waals surface area contributed by atoms with Gasteiger partial charge in [0, 0.05) is 23.8 Å². The molecule has 0 saturated carbocycles. The first-order valence-electron chi connectivity index (χ1n) is 5.63. The van der Waals surface area contributed by atoms with Crippen molar-refractivity contribution in [2.45, 2.75) is 18.9 Å². The van der Waals surface area contributed by atoms with Gasteiger partial charge in [0.2, 0.25) is 0 Å². The smallest absolute Gasteiger partial charge is 0.0624 e. The monoisotopic (exact) mass is 240 g/mol. The van der Waals surface area contributed by atoms with E-state index in [1.807, 2.05) is 18.2 Å². The van der Waals surface area contributed by atoms with Crippen LogP contribution in [0.3, 0.4) is 0 Å². The van der Waals surface area contributed by atoms with Gasteiger partial charge in [0.25, 0.3) is 0 Å². The summed E-state index contributed by atoms with van der Waals surface area (Å²) in [6.45, 7) is 2.12. The summed E-state index contributed by atoms with van der Waals surface area (Å²) in [5.41, 5.74) is 7.71. The number of halogens is 1. The number of hydrogen-bond donors (Lipinski definition) is 2. The number of benzene rings is 1. The first kappa shape index (κ1) is 11.7. The fraction of sp³-hybridized carbons (Fsp3) is 0.500. The molecule has 1 fully saturated rings. The van der Waals surface area contributed by atoms with Gasteiger partial charge in [0.1, 0.15) is 0 Å². The Hall–Kier alpha value is -0.770. The van der Waals surface area contributed by atoms with E-state index in [1.54, 1.807) is 0 Å². The van der Waals surface area contributed by atoms with Gasteiger partial charge < -0.3 is 15.7 Å². The molecule has 0 aromatic heterocycles. The summed E-state index contributed by atoms with van der Waals surface area (Å²) < 4.78 is 0. The van der Waals surface area contributed by atoms with Crippen molar-refractivity contribution in [1.82, 2.24) is 0 Å². The molecule has 1 saturated heterocycles. The summed E-state index contributed by atoms with van der Waals surface area (Å²) >= 11 is 6.16. The third-order valence-electron chi connectivity index (χ3n) is 3.05. The lowest BCUT2D eigenvalue weighted by Crippen LogP contribution is -2.19. The van der Waals surface area contributed by atoms with Crippen molar-refractivity contribution < 1.29 is 5.11 Å². The molecule has 3 nitrogen and oxygen atoms in total. The lowest BCUT2D eigenvalue weighted by atomic mass is 10.1. The molecule has 0 bridgehead atoms. The van der Waals surface area contributed by atoms with Crippen LogP contribution >= 0.6 is 11.6 Å². The second kappa shape index (κ2) is 5.04. The normalized spacial score (nSPS) is 17.8. The molecule has 4 heteroatoms. The van der Waals surface area contributed by atoms with Gasteiger partial charge >= 0.3 is 0 Å². The molecule has 0 amide bonds. The Kier molecular flexibility index (Phi) is 3.69. The standard InChI is InChI=1S/C12H17ClN2O/c13-11-7-9(15-5-1-2-6-15)3-4-10(11)12(14)8-16/h3-4,7,12,16H,1-2,5-6,8,14H2/t12-/m0/s1. The molecule has 1 aliphatic rings. The molecule has 1 aromatic carbocycles. The number of rotatable bonds is 3. The molecular formula is C12H17ClN2O. The predicted molar refractivity (Wildman–Crippen MR) is 66.9 cm³/mol. The van der Waals surface area contributed by atoms with Gasteiger partial charge in [0.15, 0.2) is 0 Å². The third kappa shape index (κ3) is 2.32. The van der Waals surface area contributed by atoms with E-state index in [4.69, 9.17) is 22.4 Å². The highest BCUT2D eigenvalue weighted by molar-refractivity contribution is 6.31. The zero-order valence-electron chi connectivity index (χ0n) is 9.19. The van der Waals surface area contributed by atoms with Crippen LogP contribution in [-0.2, 0) is 0 Å². The first-order chi connectivity index (χ1) is 7.72. The van der Waals surface area contributed by atoms with Crippen LogP contribution in [0.25, 0.3) is 0 Å². The lowest BCUT2D eigenvalue weighted by Gasteiger charge is -2.19. The zero-order valence-corrected chi connectivity index (χ0v) is 9.95. The van der Waals surface area contributed by atoms with Gasteiger partial charge in [-0.2, -0.15) is 0 Å². The maximum atomic E-state index is 9.00. The Balaban J connectivity index is 2.21. The molecule has 88 valence electrons. The van der Waals surface area contributed by atoms with Crippen LogP contribution in [0, 0.1) is 0 Å². The second-order valence-electron chi connectivity index (χ2n) is 4.19. The van der Waals surface area contributed by atoms with Crippen LogP contribution in [0.4, 0.5) is 5.69 Å². The number of nitrogens with zero attached hydrogens (tertiary/aromatic N) is 1. The average molecular weight is 241 g/mol. The van der Waals surface area contributed by atoms with E-state index in [0.717, 1.165) is 24.3 Å². The fourth-order valence-corrected chi connectivity index (χ4v) is 2.40. The van der Waals surface area contributed by atoms with Crippen molar-refractivity contribution in [3.8, 4) is 0 Å². The zero-order chi connectivity index (χ0) is 11.5. The van der Waals surface area contributed by atoms with Crippen molar-refractivity contribution in [2.75, 3.05) is 24.6 Å². The van der Waals surface area contributed by atoms with Crippen LogP contribution < -0.4 is 10.6 Å². The predicted octanol–water partition coefficient (Wildman–Crippen LogP) is 1.93. The van der Waals surface area contributed by atoms with Crippen LogP contribution in [0.1, 0.15) is 24.4 Å². The number of hydrogen-bond acceptors (Lipinski definition) is 3. The Morgan fingerprint density at radius 3 is 2.62 bits per heavy atom. The Bertz CT molecular complexity index is 364. The highest BCUT2D eigenvalue weighted by atomic mass is 35.5. The van der Waals surface area contributed by atoms with E-state index in [2.05, 4.69) is 4.90 Å². The Morgan fingerprint density at radius 1 is 1.38 bits per heavy atom. The molecule has 16 heavy (non-hydrogen) atoms. The quantitative estimate of drug-likeness (QED) is 0.849. The van der Waals surface area contributed by atoms with Gasteiger partial charge in [-0.15, -0.1) is 0 Å². The molecule has 1 aliphatic heterocycles. The second-order valence-corrected chi connectivity index (χ2v) is 4.60.